The van der Waals surface area contributed by atoms with Gasteiger partial charge in [-0.3, -0.25) is 4.79 Å². The number of amides is 2. The number of carbonyl (C=O) groups is 2. The van der Waals surface area contributed by atoms with Gasteiger partial charge in [-0.1, -0.05) is 50.8 Å². The quantitative estimate of drug-likeness (QED) is 0.437. The lowest BCUT2D eigenvalue weighted by atomic mass is 9.62. The van der Waals surface area contributed by atoms with E-state index in [-0.39, 0.29) is 51.7 Å². The largest absolute Gasteiger partial charge is 0.465 e. The molecule has 2 aliphatic carbocycles. The highest BCUT2D eigenvalue weighted by molar-refractivity contribution is 6.33. The maximum absolute atomic E-state index is 12.9. The fourth-order valence-electron chi connectivity index (χ4n) is 5.06. The number of rotatable bonds is 10. The molecular weight excluding hydrogens is 432 g/mol. The average Bonchev–Trinajstić information content (AvgIpc) is 2.75. The molecule has 2 saturated carbocycles. The van der Waals surface area contributed by atoms with Crippen LogP contribution in [0.15, 0.2) is 18.2 Å². The fraction of sp³-hybridized carbons (Fsp3) is 0.667. The van der Waals surface area contributed by atoms with Crippen molar-refractivity contribution in [3.8, 4) is 0 Å². The smallest absolute Gasteiger partial charge is 0.407 e. The molecule has 180 valence electrons. The number of carboxylic acid groups (broad SMARTS) is 1. The molecule has 7 nitrogen and oxygen atoms in total. The Bertz CT molecular complexity index is 763. The molecule has 0 saturated heterocycles. The predicted octanol–water partition coefficient (Wildman–Crippen LogP) is 4.56. The number of aliphatic hydroxyl groups is 1. The third kappa shape index (κ3) is 7.09. The molecule has 0 spiro atoms. The highest BCUT2D eigenvalue weighted by atomic mass is 35.5. The van der Waals surface area contributed by atoms with Crippen LogP contribution in [0.5, 0.6) is 0 Å². The van der Waals surface area contributed by atoms with E-state index in [0.29, 0.717) is 17.1 Å². The first-order valence-electron chi connectivity index (χ1n) is 11.2. The molecule has 2 bridgehead atoms. The first-order chi connectivity index (χ1) is 14.9. The topological polar surface area (TPSA) is 99.1 Å². The second kappa shape index (κ2) is 12.4. The van der Waals surface area contributed by atoms with Crippen molar-refractivity contribution >= 4 is 23.6 Å². The maximum Gasteiger partial charge on any atom is 0.407 e. The van der Waals surface area contributed by atoms with E-state index >= 15 is 0 Å². The molecule has 3 rings (SSSR count). The van der Waals surface area contributed by atoms with Gasteiger partial charge in [-0.15, -0.1) is 0 Å². The minimum Gasteiger partial charge on any atom is -0.465 e. The van der Waals surface area contributed by atoms with Crippen LogP contribution in [0.4, 0.5) is 4.79 Å². The highest BCUT2D eigenvalue weighted by Crippen LogP contribution is 2.48. The van der Waals surface area contributed by atoms with E-state index in [1.807, 2.05) is 0 Å². The van der Waals surface area contributed by atoms with Crippen LogP contribution >= 0.6 is 11.6 Å². The summed E-state index contributed by atoms with van der Waals surface area (Å²) in [4.78, 5) is 25.0. The number of halogens is 1. The summed E-state index contributed by atoms with van der Waals surface area (Å²) in [7, 11) is 0. The Morgan fingerprint density at radius 2 is 1.94 bits per heavy atom. The summed E-state index contributed by atoms with van der Waals surface area (Å²) >= 11 is 6.29. The lowest BCUT2D eigenvalue weighted by Gasteiger charge is -2.45. The Labute approximate surface area is 196 Å². The van der Waals surface area contributed by atoms with Crippen molar-refractivity contribution in [1.82, 2.24) is 10.2 Å². The Kier molecular flexibility index (Phi) is 10.3. The molecule has 2 fully saturated rings. The monoisotopic (exact) mass is 468 g/mol. The van der Waals surface area contributed by atoms with E-state index in [1.165, 1.54) is 44.9 Å². The molecule has 0 radical (unpaired) electrons. The third-order valence-corrected chi connectivity index (χ3v) is 7.00. The number of aliphatic hydroxyl groups excluding tert-OH is 1. The minimum absolute atomic E-state index is 0. The summed E-state index contributed by atoms with van der Waals surface area (Å²) in [5.74, 6) is 0.659. The van der Waals surface area contributed by atoms with Gasteiger partial charge in [-0.2, -0.15) is 0 Å². The van der Waals surface area contributed by atoms with Gasteiger partial charge in [0, 0.05) is 19.6 Å². The van der Waals surface area contributed by atoms with Crippen LogP contribution in [0, 0.1) is 11.3 Å². The van der Waals surface area contributed by atoms with Crippen molar-refractivity contribution in [2.75, 3.05) is 32.8 Å². The van der Waals surface area contributed by atoms with Crippen LogP contribution in [0.1, 0.15) is 68.3 Å². The van der Waals surface area contributed by atoms with E-state index in [4.69, 9.17) is 26.6 Å². The molecule has 1 aromatic carbocycles. The zero-order valence-corrected chi connectivity index (χ0v) is 18.7. The van der Waals surface area contributed by atoms with Gasteiger partial charge < -0.3 is 25.2 Å². The summed E-state index contributed by atoms with van der Waals surface area (Å²) in [5, 5.41) is 21.5. The highest BCUT2D eigenvalue weighted by Gasteiger charge is 2.39. The number of hydrogen-bond donors (Lipinski definition) is 3. The van der Waals surface area contributed by atoms with Crippen molar-refractivity contribution in [3.05, 3.63) is 34.3 Å². The molecule has 1 aromatic rings. The average molecular weight is 469 g/mol. The molecule has 2 aliphatic rings. The van der Waals surface area contributed by atoms with Gasteiger partial charge >= 0.3 is 6.09 Å². The second-order valence-electron chi connectivity index (χ2n) is 8.90. The number of ether oxygens (including phenoxy) is 1. The van der Waals surface area contributed by atoms with Gasteiger partial charge in [0.15, 0.2) is 0 Å². The Hall–Kier alpha value is -1.83. The second-order valence-corrected chi connectivity index (χ2v) is 9.30. The van der Waals surface area contributed by atoms with Crippen LogP contribution in [0.2, 0.25) is 5.02 Å². The summed E-state index contributed by atoms with van der Waals surface area (Å²) in [6.07, 6.45) is 7.67. The number of hydrogen-bond acceptors (Lipinski definition) is 4. The standard InChI is InChI=1S/C23H33ClN2O5.CH4/c24-20-6-5-18(15-31-12-10-26(9-11-27)22(29)30)13-19(20)21(28)25-16-23-7-1-3-17(14-23)4-2-8-23;/h5-6,13,17,27H,1-4,7-12,14-16H2,(H,25,28)(H,29,30);1H4. The molecule has 0 aromatic heterocycles. The molecule has 0 unspecified atom stereocenters. The number of fused-ring (bicyclic) bond motifs is 2. The van der Waals surface area contributed by atoms with E-state index < -0.39 is 6.09 Å². The van der Waals surface area contributed by atoms with Crippen molar-refractivity contribution in [2.45, 2.75) is 59.0 Å². The summed E-state index contributed by atoms with van der Waals surface area (Å²) in [6.45, 7) is 1.13. The molecule has 0 atom stereocenters. The van der Waals surface area contributed by atoms with Crippen LogP contribution in [-0.4, -0.2) is 60.0 Å². The van der Waals surface area contributed by atoms with Crippen molar-refractivity contribution in [2.24, 2.45) is 11.3 Å². The van der Waals surface area contributed by atoms with Gasteiger partial charge in [0.2, 0.25) is 0 Å². The first kappa shape index (κ1) is 26.4. The lowest BCUT2D eigenvalue weighted by Crippen LogP contribution is -2.43. The summed E-state index contributed by atoms with van der Waals surface area (Å²) < 4.78 is 5.57. The normalized spacial score (nSPS) is 22.0. The molecule has 0 heterocycles. The Morgan fingerprint density at radius 1 is 1.22 bits per heavy atom. The molecular formula is C24H37ClN2O5. The van der Waals surface area contributed by atoms with Gasteiger partial charge in [0.25, 0.3) is 5.91 Å². The zero-order chi connectivity index (χ0) is 22.3. The Morgan fingerprint density at radius 3 is 2.59 bits per heavy atom. The third-order valence-electron chi connectivity index (χ3n) is 6.67. The molecule has 2 amide bonds. The van der Waals surface area contributed by atoms with Gasteiger partial charge in [-0.05, 0) is 48.3 Å². The van der Waals surface area contributed by atoms with E-state index in [2.05, 4.69) is 5.32 Å². The molecule has 8 heteroatoms. The van der Waals surface area contributed by atoms with Gasteiger partial charge in [0.05, 0.1) is 30.4 Å². The molecule has 3 N–H and O–H groups in total. The van der Waals surface area contributed by atoms with Crippen LogP contribution < -0.4 is 5.32 Å². The van der Waals surface area contributed by atoms with Gasteiger partial charge in [0.1, 0.15) is 0 Å². The molecule has 0 aliphatic heterocycles. The number of benzene rings is 1. The van der Waals surface area contributed by atoms with E-state index in [9.17, 15) is 9.59 Å². The number of nitrogens with one attached hydrogen (secondary N) is 1. The van der Waals surface area contributed by atoms with Gasteiger partial charge in [-0.25, -0.2) is 4.79 Å². The minimum atomic E-state index is -1.09. The number of carbonyl (C=O) groups excluding carboxylic acids is 1. The zero-order valence-electron chi connectivity index (χ0n) is 17.9. The van der Waals surface area contributed by atoms with Crippen LogP contribution in [-0.2, 0) is 11.3 Å². The van der Waals surface area contributed by atoms with Crippen molar-refractivity contribution < 1.29 is 24.5 Å². The maximum atomic E-state index is 12.9. The van der Waals surface area contributed by atoms with E-state index in [1.54, 1.807) is 18.2 Å². The molecule has 32 heavy (non-hydrogen) atoms. The predicted molar refractivity (Wildman–Crippen MR) is 125 cm³/mol. The van der Waals surface area contributed by atoms with Crippen LogP contribution in [0.3, 0.4) is 0 Å². The summed E-state index contributed by atoms with van der Waals surface area (Å²) in [5.41, 5.74) is 1.48. The SMILES string of the molecule is C.O=C(NCC12CCCC(CCC1)C2)c1cc(COCCN(CCO)C(=O)O)ccc1Cl. The van der Waals surface area contributed by atoms with Crippen molar-refractivity contribution in [1.29, 1.82) is 0 Å². The summed E-state index contributed by atoms with van der Waals surface area (Å²) in [6, 6.07) is 5.23. The van der Waals surface area contributed by atoms with E-state index in [0.717, 1.165) is 16.4 Å². The number of nitrogens with zero attached hydrogens (tertiary/aromatic N) is 1. The van der Waals surface area contributed by atoms with Crippen molar-refractivity contribution in [3.63, 3.8) is 0 Å². The Balaban J connectivity index is 0.00000363. The lowest BCUT2D eigenvalue weighted by molar-refractivity contribution is 0.0681. The fourth-order valence-corrected chi connectivity index (χ4v) is 5.26. The first-order valence-corrected chi connectivity index (χ1v) is 11.5. The van der Waals surface area contributed by atoms with Crippen LogP contribution in [0.25, 0.3) is 0 Å².